The quantitative estimate of drug-likeness (QED) is 0.444. The highest BCUT2D eigenvalue weighted by molar-refractivity contribution is 7.98. The van der Waals surface area contributed by atoms with Crippen molar-refractivity contribution >= 4 is 58.3 Å². The van der Waals surface area contributed by atoms with E-state index < -0.39 is 5.91 Å². The summed E-state index contributed by atoms with van der Waals surface area (Å²) < 4.78 is 5.38. The van der Waals surface area contributed by atoms with E-state index >= 15 is 0 Å². The van der Waals surface area contributed by atoms with Crippen molar-refractivity contribution < 1.29 is 9.53 Å². The molecule has 3 rings (SSSR count). The maximum Gasteiger partial charge on any atom is 0.263 e. The SMILES string of the molecule is N#Cc1c(SCc2ccccc2Cl)n[nH]c1NC(=O)COc1ccc(Cl)cc1Cl. The molecule has 3 aromatic rings. The van der Waals surface area contributed by atoms with Crippen LogP contribution in [-0.4, -0.2) is 22.7 Å². The second kappa shape index (κ2) is 9.90. The van der Waals surface area contributed by atoms with Gasteiger partial charge in [0.05, 0.1) is 5.02 Å². The lowest BCUT2D eigenvalue weighted by Crippen LogP contribution is -2.21. The van der Waals surface area contributed by atoms with Crippen LogP contribution < -0.4 is 10.1 Å². The fourth-order valence-corrected chi connectivity index (χ4v) is 3.99. The van der Waals surface area contributed by atoms with Crippen molar-refractivity contribution in [2.45, 2.75) is 10.8 Å². The minimum atomic E-state index is -0.473. The van der Waals surface area contributed by atoms with Crippen LogP contribution in [0.25, 0.3) is 0 Å². The Morgan fingerprint density at radius 1 is 1.21 bits per heavy atom. The van der Waals surface area contributed by atoms with Gasteiger partial charge in [0.1, 0.15) is 28.2 Å². The van der Waals surface area contributed by atoms with Gasteiger partial charge in [-0.1, -0.05) is 64.8 Å². The number of nitriles is 1. The van der Waals surface area contributed by atoms with E-state index in [2.05, 4.69) is 21.6 Å². The first-order valence-electron chi connectivity index (χ1n) is 8.20. The van der Waals surface area contributed by atoms with Crippen LogP contribution in [0.4, 0.5) is 5.82 Å². The number of nitrogens with one attached hydrogen (secondary N) is 2. The molecular formula is C19H13Cl3N4O2S. The maximum atomic E-state index is 12.2. The van der Waals surface area contributed by atoms with Crippen molar-refractivity contribution in [3.8, 4) is 11.8 Å². The summed E-state index contributed by atoms with van der Waals surface area (Å²) >= 11 is 19.3. The van der Waals surface area contributed by atoms with Gasteiger partial charge in [-0.25, -0.2) is 0 Å². The van der Waals surface area contributed by atoms with Crippen LogP contribution in [0, 0.1) is 11.3 Å². The van der Waals surface area contributed by atoms with Crippen molar-refractivity contribution in [1.29, 1.82) is 5.26 Å². The van der Waals surface area contributed by atoms with Gasteiger partial charge >= 0.3 is 0 Å². The number of ether oxygens (including phenoxy) is 1. The molecule has 0 aliphatic carbocycles. The average molecular weight is 468 g/mol. The number of anilines is 1. The number of thioether (sulfide) groups is 1. The number of nitrogens with zero attached hydrogens (tertiary/aromatic N) is 2. The summed E-state index contributed by atoms with van der Waals surface area (Å²) in [5.41, 5.74) is 1.16. The predicted octanol–water partition coefficient (Wildman–Crippen LogP) is 5.55. The number of benzene rings is 2. The number of aromatic amines is 1. The molecule has 1 amide bonds. The van der Waals surface area contributed by atoms with Crippen LogP contribution in [-0.2, 0) is 10.5 Å². The normalized spacial score (nSPS) is 10.4. The molecule has 1 aromatic heterocycles. The van der Waals surface area contributed by atoms with Crippen molar-refractivity contribution in [3.63, 3.8) is 0 Å². The minimum Gasteiger partial charge on any atom is -0.482 e. The fourth-order valence-electron chi connectivity index (χ4n) is 2.30. The van der Waals surface area contributed by atoms with Gasteiger partial charge in [0.25, 0.3) is 5.91 Å². The Bertz CT molecular complexity index is 1080. The molecule has 29 heavy (non-hydrogen) atoms. The van der Waals surface area contributed by atoms with E-state index in [1.54, 1.807) is 18.2 Å². The second-order valence-corrected chi connectivity index (χ2v) is 7.90. The number of carbonyl (C=O) groups excluding carboxylic acids is 1. The summed E-state index contributed by atoms with van der Waals surface area (Å²) in [6.45, 7) is -0.298. The molecule has 148 valence electrons. The Labute approximate surface area is 186 Å². The molecule has 0 fully saturated rings. The highest BCUT2D eigenvalue weighted by atomic mass is 35.5. The first kappa shape index (κ1) is 21.3. The fraction of sp³-hybridized carbons (Fsp3) is 0.105. The van der Waals surface area contributed by atoms with E-state index in [-0.39, 0.29) is 18.0 Å². The highest BCUT2D eigenvalue weighted by Gasteiger charge is 2.17. The summed E-state index contributed by atoms with van der Waals surface area (Å²) in [6.07, 6.45) is 0. The Hall–Kier alpha value is -2.37. The van der Waals surface area contributed by atoms with Crippen molar-refractivity contribution in [1.82, 2.24) is 10.2 Å². The Balaban J connectivity index is 1.61. The second-order valence-electron chi connectivity index (χ2n) is 5.68. The molecule has 0 radical (unpaired) electrons. The minimum absolute atomic E-state index is 0.199. The number of hydrogen-bond acceptors (Lipinski definition) is 5. The average Bonchev–Trinajstić information content (AvgIpc) is 3.08. The largest absolute Gasteiger partial charge is 0.482 e. The van der Waals surface area contributed by atoms with Gasteiger partial charge in [-0.05, 0) is 29.8 Å². The molecule has 0 unspecified atom stereocenters. The first-order valence-corrected chi connectivity index (χ1v) is 10.3. The molecule has 10 heteroatoms. The molecule has 1 heterocycles. The molecule has 0 saturated carbocycles. The summed E-state index contributed by atoms with van der Waals surface area (Å²) in [4.78, 5) is 12.2. The van der Waals surface area contributed by atoms with Crippen LogP contribution >= 0.6 is 46.6 Å². The maximum absolute atomic E-state index is 12.2. The molecular weight excluding hydrogens is 455 g/mol. The molecule has 0 aliphatic rings. The molecule has 2 aromatic carbocycles. The zero-order valence-electron chi connectivity index (χ0n) is 14.7. The van der Waals surface area contributed by atoms with E-state index in [9.17, 15) is 10.1 Å². The summed E-state index contributed by atoms with van der Waals surface area (Å²) in [5.74, 6) is 0.584. The lowest BCUT2D eigenvalue weighted by Gasteiger charge is -2.08. The topological polar surface area (TPSA) is 90.8 Å². The summed E-state index contributed by atoms with van der Waals surface area (Å²) in [5, 5.41) is 20.7. The van der Waals surface area contributed by atoms with Crippen LogP contribution in [0.15, 0.2) is 47.5 Å². The molecule has 0 atom stereocenters. The number of hydrogen-bond donors (Lipinski definition) is 2. The lowest BCUT2D eigenvalue weighted by atomic mass is 10.2. The van der Waals surface area contributed by atoms with Gasteiger partial charge in [0, 0.05) is 15.8 Å². The summed E-state index contributed by atoms with van der Waals surface area (Å²) in [6, 6.07) is 14.2. The van der Waals surface area contributed by atoms with Gasteiger partial charge in [0.2, 0.25) is 0 Å². The molecule has 0 saturated heterocycles. The van der Waals surface area contributed by atoms with Crippen LogP contribution in [0.1, 0.15) is 11.1 Å². The number of aromatic nitrogens is 2. The monoisotopic (exact) mass is 466 g/mol. The Morgan fingerprint density at radius 2 is 2.00 bits per heavy atom. The smallest absolute Gasteiger partial charge is 0.263 e. The van der Waals surface area contributed by atoms with Gasteiger partial charge < -0.3 is 10.1 Å². The van der Waals surface area contributed by atoms with Crippen LogP contribution in [0.2, 0.25) is 15.1 Å². The lowest BCUT2D eigenvalue weighted by molar-refractivity contribution is -0.118. The predicted molar refractivity (Wildman–Crippen MR) is 115 cm³/mol. The van der Waals surface area contributed by atoms with Crippen LogP contribution in [0.5, 0.6) is 5.75 Å². The number of halogens is 3. The third kappa shape index (κ3) is 5.58. The Morgan fingerprint density at radius 3 is 2.72 bits per heavy atom. The zero-order valence-corrected chi connectivity index (χ0v) is 17.8. The van der Waals surface area contributed by atoms with E-state index in [1.807, 2.05) is 18.2 Å². The number of H-pyrrole nitrogens is 1. The number of amides is 1. The first-order chi connectivity index (χ1) is 14.0. The van der Waals surface area contributed by atoms with Crippen LogP contribution in [0.3, 0.4) is 0 Å². The van der Waals surface area contributed by atoms with E-state index in [0.717, 1.165) is 5.56 Å². The Kier molecular flexibility index (Phi) is 7.29. The van der Waals surface area contributed by atoms with E-state index in [4.69, 9.17) is 39.5 Å². The standard InChI is InChI=1S/C19H13Cl3N4O2S/c20-12-5-6-16(15(22)7-12)28-9-17(27)24-18-13(8-23)19(26-25-18)29-10-11-3-1-2-4-14(11)21/h1-7H,9-10H2,(H2,24,25,26,27). The number of rotatable bonds is 7. The molecule has 0 bridgehead atoms. The third-order valence-electron chi connectivity index (χ3n) is 3.68. The van der Waals surface area contributed by atoms with E-state index in [0.29, 0.717) is 31.6 Å². The van der Waals surface area contributed by atoms with Gasteiger partial charge in [-0.2, -0.15) is 10.4 Å². The molecule has 0 spiro atoms. The van der Waals surface area contributed by atoms with E-state index in [1.165, 1.54) is 17.8 Å². The summed E-state index contributed by atoms with van der Waals surface area (Å²) in [7, 11) is 0. The number of carbonyl (C=O) groups is 1. The highest BCUT2D eigenvalue weighted by Crippen LogP contribution is 2.30. The van der Waals surface area contributed by atoms with Gasteiger partial charge in [-0.15, -0.1) is 0 Å². The van der Waals surface area contributed by atoms with Crippen molar-refractivity contribution in [2.75, 3.05) is 11.9 Å². The molecule has 6 nitrogen and oxygen atoms in total. The van der Waals surface area contributed by atoms with Crippen molar-refractivity contribution in [3.05, 3.63) is 68.7 Å². The van der Waals surface area contributed by atoms with Gasteiger partial charge in [-0.3, -0.25) is 9.89 Å². The zero-order chi connectivity index (χ0) is 20.8. The van der Waals surface area contributed by atoms with Crippen molar-refractivity contribution in [2.24, 2.45) is 0 Å². The molecule has 0 aliphatic heterocycles. The third-order valence-corrected chi connectivity index (χ3v) is 5.61. The van der Waals surface area contributed by atoms with Gasteiger partial charge in [0.15, 0.2) is 6.61 Å². The molecule has 2 N–H and O–H groups in total.